The second-order valence-electron chi connectivity index (χ2n) is 5.46. The first kappa shape index (κ1) is 16.3. The van der Waals surface area contributed by atoms with Gasteiger partial charge in [0.25, 0.3) is 0 Å². The van der Waals surface area contributed by atoms with Gasteiger partial charge in [0.2, 0.25) is 0 Å². The Bertz CT molecular complexity index is 665. The number of allylic oxidation sites excluding steroid dienone is 4. The van der Waals surface area contributed by atoms with E-state index in [4.69, 9.17) is 5.73 Å². The van der Waals surface area contributed by atoms with Gasteiger partial charge in [-0.3, -0.25) is 0 Å². The molecule has 0 aliphatic rings. The van der Waals surface area contributed by atoms with E-state index in [0.717, 1.165) is 16.4 Å². The van der Waals surface area contributed by atoms with E-state index in [1.54, 1.807) is 29.9 Å². The molecule has 5 nitrogen and oxygen atoms in total. The minimum Gasteiger partial charge on any atom is -0.331 e. The molecule has 0 fully saturated rings. The third-order valence-corrected chi connectivity index (χ3v) is 4.29. The minimum absolute atomic E-state index is 0.520. The molecule has 1 atom stereocenters. The Labute approximate surface area is 134 Å². The van der Waals surface area contributed by atoms with Crippen LogP contribution in [0.5, 0.6) is 0 Å². The van der Waals surface area contributed by atoms with Crippen LogP contribution in [-0.4, -0.2) is 19.7 Å². The Balaban J connectivity index is 2.06. The predicted octanol–water partition coefficient (Wildman–Crippen LogP) is 3.04. The molecule has 0 radical (unpaired) electrons. The Morgan fingerprint density at radius 3 is 2.95 bits per heavy atom. The van der Waals surface area contributed by atoms with Gasteiger partial charge in [-0.25, -0.2) is 4.98 Å². The third kappa shape index (κ3) is 4.47. The summed E-state index contributed by atoms with van der Waals surface area (Å²) in [7, 11) is 0. The first-order valence-electron chi connectivity index (χ1n) is 7.03. The van der Waals surface area contributed by atoms with Crippen molar-refractivity contribution in [2.75, 3.05) is 0 Å². The summed E-state index contributed by atoms with van der Waals surface area (Å²) in [6, 6.07) is 0. The van der Waals surface area contributed by atoms with Crippen molar-refractivity contribution in [1.82, 2.24) is 19.7 Å². The molecule has 6 heteroatoms. The summed E-state index contributed by atoms with van der Waals surface area (Å²) >= 11 is 1.55. The highest BCUT2D eigenvalue weighted by molar-refractivity contribution is 7.11. The SMILES string of the molecule is C=C/C=C\C=C(/C)C[C@@](C)(N)c1nnc(Cn2ccnc2)s1. The fraction of sp³-hybridized carbons (Fsp3) is 0.312. The largest absolute Gasteiger partial charge is 0.331 e. The number of nitrogens with two attached hydrogens (primary N) is 1. The molecule has 2 rings (SSSR count). The number of aromatic nitrogens is 4. The number of imidazole rings is 1. The summed E-state index contributed by atoms with van der Waals surface area (Å²) in [5, 5.41) is 10.3. The summed E-state index contributed by atoms with van der Waals surface area (Å²) in [5.41, 5.74) is 7.10. The fourth-order valence-electron chi connectivity index (χ4n) is 2.10. The number of hydrogen-bond acceptors (Lipinski definition) is 5. The Hall–Kier alpha value is -2.05. The van der Waals surface area contributed by atoms with Gasteiger partial charge >= 0.3 is 0 Å². The van der Waals surface area contributed by atoms with Crippen molar-refractivity contribution in [3.8, 4) is 0 Å². The number of nitrogens with zero attached hydrogens (tertiary/aromatic N) is 4. The Morgan fingerprint density at radius 1 is 1.45 bits per heavy atom. The molecule has 0 saturated carbocycles. The maximum Gasteiger partial charge on any atom is 0.137 e. The van der Waals surface area contributed by atoms with Gasteiger partial charge in [-0.05, 0) is 20.3 Å². The van der Waals surface area contributed by atoms with Gasteiger partial charge in [-0.15, -0.1) is 10.2 Å². The molecule has 0 unspecified atom stereocenters. The van der Waals surface area contributed by atoms with Crippen LogP contribution in [0, 0.1) is 0 Å². The van der Waals surface area contributed by atoms with Crippen molar-refractivity contribution in [2.24, 2.45) is 5.73 Å². The van der Waals surface area contributed by atoms with E-state index < -0.39 is 5.54 Å². The standard InChI is InChI=1S/C16H21N5S/c1-4-5-6-7-13(2)10-16(3,17)15-20-19-14(22-15)11-21-9-8-18-12-21/h4-9,12H,1,10-11,17H2,2-3H3/b6-5-,13-7+/t16-/m1/s1. The molecule has 116 valence electrons. The molecular weight excluding hydrogens is 294 g/mol. The molecule has 2 N–H and O–H groups in total. The van der Waals surface area contributed by atoms with Crippen LogP contribution < -0.4 is 5.73 Å². The smallest absolute Gasteiger partial charge is 0.137 e. The third-order valence-electron chi connectivity index (χ3n) is 3.11. The second kappa shape index (κ2) is 7.29. The van der Waals surface area contributed by atoms with Crippen molar-refractivity contribution >= 4 is 11.3 Å². The van der Waals surface area contributed by atoms with E-state index in [1.165, 1.54) is 5.57 Å². The maximum atomic E-state index is 6.43. The first-order valence-corrected chi connectivity index (χ1v) is 7.85. The van der Waals surface area contributed by atoms with Crippen LogP contribution in [0.15, 0.2) is 55.2 Å². The van der Waals surface area contributed by atoms with E-state index in [9.17, 15) is 0 Å². The zero-order valence-corrected chi connectivity index (χ0v) is 13.8. The Morgan fingerprint density at radius 2 is 2.27 bits per heavy atom. The molecule has 0 spiro atoms. The van der Waals surface area contributed by atoms with E-state index >= 15 is 0 Å². The van der Waals surface area contributed by atoms with E-state index in [0.29, 0.717) is 6.54 Å². The number of rotatable bonds is 7. The highest BCUT2D eigenvalue weighted by atomic mass is 32.1. The van der Waals surface area contributed by atoms with Crippen LogP contribution in [0.3, 0.4) is 0 Å². The van der Waals surface area contributed by atoms with Gasteiger partial charge in [-0.2, -0.15) is 0 Å². The molecule has 0 saturated heterocycles. The van der Waals surface area contributed by atoms with Gasteiger partial charge in [0.15, 0.2) is 0 Å². The summed E-state index contributed by atoms with van der Waals surface area (Å²) in [6.07, 6.45) is 13.8. The fourth-order valence-corrected chi connectivity index (χ4v) is 3.00. The maximum absolute atomic E-state index is 6.43. The molecule has 2 aromatic heterocycles. The topological polar surface area (TPSA) is 69.6 Å². The van der Waals surface area contributed by atoms with Gasteiger partial charge < -0.3 is 10.3 Å². The second-order valence-corrected chi connectivity index (χ2v) is 6.53. The quantitative estimate of drug-likeness (QED) is 0.797. The summed E-state index contributed by atoms with van der Waals surface area (Å²) in [4.78, 5) is 4.02. The molecule has 2 aromatic rings. The van der Waals surface area contributed by atoms with Crippen molar-refractivity contribution in [3.63, 3.8) is 0 Å². The van der Waals surface area contributed by atoms with Crippen LogP contribution in [0.2, 0.25) is 0 Å². The lowest BCUT2D eigenvalue weighted by atomic mass is 9.95. The van der Waals surface area contributed by atoms with Gasteiger partial charge in [0.05, 0.1) is 18.4 Å². The van der Waals surface area contributed by atoms with Crippen LogP contribution >= 0.6 is 11.3 Å². The lowest BCUT2D eigenvalue weighted by molar-refractivity contribution is 0.481. The summed E-state index contributed by atoms with van der Waals surface area (Å²) in [6.45, 7) is 8.37. The first-order chi connectivity index (χ1) is 10.5. The van der Waals surface area contributed by atoms with Crippen LogP contribution in [0.4, 0.5) is 0 Å². The van der Waals surface area contributed by atoms with Gasteiger partial charge in [-0.1, -0.05) is 47.8 Å². The predicted molar refractivity (Wildman–Crippen MR) is 90.5 cm³/mol. The normalized spacial score (nSPS) is 15.1. The molecule has 0 amide bonds. The van der Waals surface area contributed by atoms with E-state index in [1.807, 2.05) is 35.9 Å². The zero-order chi connectivity index (χ0) is 16.0. The van der Waals surface area contributed by atoms with Crippen molar-refractivity contribution in [3.05, 3.63) is 65.2 Å². The molecule has 0 bridgehead atoms. The molecule has 0 aliphatic heterocycles. The zero-order valence-electron chi connectivity index (χ0n) is 12.9. The van der Waals surface area contributed by atoms with Crippen molar-refractivity contribution < 1.29 is 0 Å². The van der Waals surface area contributed by atoms with Crippen molar-refractivity contribution in [2.45, 2.75) is 32.4 Å². The van der Waals surface area contributed by atoms with E-state index in [-0.39, 0.29) is 0 Å². The highest BCUT2D eigenvalue weighted by Crippen LogP contribution is 2.28. The van der Waals surface area contributed by atoms with Gasteiger partial charge in [0.1, 0.15) is 10.0 Å². The Kier molecular flexibility index (Phi) is 5.41. The molecular formula is C16H21N5S. The molecule has 0 aromatic carbocycles. The summed E-state index contributed by atoms with van der Waals surface area (Å²) in [5.74, 6) is 0. The molecule has 2 heterocycles. The molecule has 22 heavy (non-hydrogen) atoms. The van der Waals surface area contributed by atoms with Crippen molar-refractivity contribution in [1.29, 1.82) is 0 Å². The average Bonchev–Trinajstić information content (AvgIpc) is 3.11. The highest BCUT2D eigenvalue weighted by Gasteiger charge is 2.26. The van der Waals surface area contributed by atoms with Crippen LogP contribution in [0.25, 0.3) is 0 Å². The minimum atomic E-state index is -0.520. The van der Waals surface area contributed by atoms with Gasteiger partial charge in [0, 0.05) is 12.4 Å². The molecule has 0 aliphatic carbocycles. The van der Waals surface area contributed by atoms with Crippen LogP contribution in [0.1, 0.15) is 30.3 Å². The number of hydrogen-bond donors (Lipinski definition) is 1. The average molecular weight is 315 g/mol. The summed E-state index contributed by atoms with van der Waals surface area (Å²) < 4.78 is 1.96. The lowest BCUT2D eigenvalue weighted by Crippen LogP contribution is -2.33. The monoisotopic (exact) mass is 315 g/mol. The van der Waals surface area contributed by atoms with Crippen LogP contribution in [-0.2, 0) is 12.1 Å². The van der Waals surface area contributed by atoms with E-state index in [2.05, 4.69) is 28.7 Å². The lowest BCUT2D eigenvalue weighted by Gasteiger charge is -2.21.